The molecule has 0 aromatic carbocycles. The van der Waals surface area contributed by atoms with Crippen molar-refractivity contribution in [2.75, 3.05) is 0 Å². The quantitative estimate of drug-likeness (QED) is 0.705. The van der Waals surface area contributed by atoms with E-state index in [1.807, 2.05) is 0 Å². The minimum atomic E-state index is 0.0390. The lowest BCUT2D eigenvalue weighted by atomic mass is 9.45. The van der Waals surface area contributed by atoms with Crippen LogP contribution in [0.5, 0.6) is 0 Å². The molecule has 0 aromatic rings. The van der Waals surface area contributed by atoms with Crippen LogP contribution in [0.2, 0.25) is 0 Å². The predicted octanol–water partition coefficient (Wildman–Crippen LogP) is 4.66. The summed E-state index contributed by atoms with van der Waals surface area (Å²) in [6.45, 7) is 7.19. The third-order valence-electron chi connectivity index (χ3n) is 8.63. The fourth-order valence-electron chi connectivity index (χ4n) is 7.53. The highest BCUT2D eigenvalue weighted by atomic mass is 16.1. The smallest absolute Gasteiger partial charge is 0.137 e. The molecular weight excluding hydrogens is 284 g/mol. The molecule has 0 aliphatic heterocycles. The predicted molar refractivity (Wildman–Crippen MR) is 90.8 cm³/mol. The fraction of sp³-hybridized carbons (Fsp3) is 0.905. The van der Waals surface area contributed by atoms with Crippen molar-refractivity contribution in [1.82, 2.24) is 0 Å². The van der Waals surface area contributed by atoms with E-state index in [1.165, 1.54) is 25.7 Å². The van der Waals surface area contributed by atoms with Crippen LogP contribution >= 0.6 is 0 Å². The van der Waals surface area contributed by atoms with E-state index >= 15 is 0 Å². The molecule has 0 saturated heterocycles. The van der Waals surface area contributed by atoms with Gasteiger partial charge in [-0.2, -0.15) is 0 Å². The summed E-state index contributed by atoms with van der Waals surface area (Å²) in [6, 6.07) is 0. The molecule has 5 unspecified atom stereocenters. The van der Waals surface area contributed by atoms with Gasteiger partial charge in [0.1, 0.15) is 11.6 Å². The number of fused-ring (bicyclic) bond motifs is 5. The second-order valence-corrected chi connectivity index (χ2v) is 9.44. The summed E-state index contributed by atoms with van der Waals surface area (Å²) in [5, 5.41) is 0. The summed E-state index contributed by atoms with van der Waals surface area (Å²) in [6.07, 6.45) is 8.34. The van der Waals surface area contributed by atoms with Gasteiger partial charge in [0, 0.05) is 25.2 Å². The van der Waals surface area contributed by atoms with Gasteiger partial charge in [0.25, 0.3) is 0 Å². The third-order valence-corrected chi connectivity index (χ3v) is 8.63. The number of ketones is 2. The topological polar surface area (TPSA) is 34.1 Å². The zero-order valence-electron chi connectivity index (χ0n) is 15.0. The van der Waals surface area contributed by atoms with E-state index in [4.69, 9.17) is 0 Å². The monoisotopic (exact) mass is 316 g/mol. The van der Waals surface area contributed by atoms with Crippen molar-refractivity contribution in [2.24, 2.45) is 46.8 Å². The Morgan fingerprint density at radius 2 is 1.91 bits per heavy atom. The van der Waals surface area contributed by atoms with Gasteiger partial charge in [-0.15, -0.1) is 0 Å². The molecule has 0 heterocycles. The van der Waals surface area contributed by atoms with Gasteiger partial charge < -0.3 is 0 Å². The molecule has 128 valence electrons. The Bertz CT molecular complexity index is 524. The van der Waals surface area contributed by atoms with E-state index in [0.29, 0.717) is 36.2 Å². The average Bonchev–Trinajstić information content (AvgIpc) is 2.96. The summed E-state index contributed by atoms with van der Waals surface area (Å²) in [7, 11) is 0. The summed E-state index contributed by atoms with van der Waals surface area (Å²) in [4.78, 5) is 24.8. The van der Waals surface area contributed by atoms with Crippen LogP contribution in [0.15, 0.2) is 0 Å². The molecule has 23 heavy (non-hydrogen) atoms. The first-order valence-electron chi connectivity index (χ1n) is 10.00. The number of hydrogen-bond acceptors (Lipinski definition) is 2. The molecule has 0 amide bonds. The first-order valence-corrected chi connectivity index (χ1v) is 10.00. The van der Waals surface area contributed by atoms with Gasteiger partial charge in [0.05, 0.1) is 0 Å². The van der Waals surface area contributed by atoms with Gasteiger partial charge >= 0.3 is 0 Å². The Morgan fingerprint density at radius 3 is 2.65 bits per heavy atom. The fourth-order valence-corrected chi connectivity index (χ4v) is 7.53. The first-order chi connectivity index (χ1) is 11.0. The summed E-state index contributed by atoms with van der Waals surface area (Å²) in [5.74, 6) is 5.44. The Labute approximate surface area is 140 Å². The Balaban J connectivity index is 1.67. The minimum Gasteiger partial charge on any atom is -0.300 e. The highest BCUT2D eigenvalue weighted by Gasteiger charge is 2.60. The van der Waals surface area contributed by atoms with Crippen LogP contribution in [0.3, 0.4) is 0 Å². The Morgan fingerprint density at radius 1 is 1.13 bits per heavy atom. The van der Waals surface area contributed by atoms with Crippen molar-refractivity contribution in [1.29, 1.82) is 0 Å². The molecule has 4 saturated carbocycles. The third kappa shape index (κ3) is 2.19. The molecule has 4 fully saturated rings. The number of carbonyl (C=O) groups is 2. The lowest BCUT2D eigenvalue weighted by molar-refractivity contribution is -0.157. The SMILES string of the molecule is CC[C@H]1CCC2C3CC(=O)C4CC(=O)CC[C@]4(C)C3C[C@@H](C)C21. The molecule has 0 spiro atoms. The Kier molecular flexibility index (Phi) is 3.74. The maximum Gasteiger partial charge on any atom is 0.137 e. The number of rotatable bonds is 1. The van der Waals surface area contributed by atoms with Crippen LogP contribution in [0.1, 0.15) is 72.1 Å². The average molecular weight is 316 g/mol. The van der Waals surface area contributed by atoms with E-state index in [-0.39, 0.29) is 11.3 Å². The molecule has 2 nitrogen and oxygen atoms in total. The van der Waals surface area contributed by atoms with E-state index in [0.717, 1.165) is 36.5 Å². The van der Waals surface area contributed by atoms with Gasteiger partial charge in [0.15, 0.2) is 0 Å². The van der Waals surface area contributed by atoms with Crippen molar-refractivity contribution < 1.29 is 9.59 Å². The van der Waals surface area contributed by atoms with Crippen molar-refractivity contribution >= 4 is 11.6 Å². The van der Waals surface area contributed by atoms with Crippen LogP contribution in [-0.2, 0) is 9.59 Å². The molecule has 0 bridgehead atoms. The normalized spacial score (nSPS) is 52.7. The molecule has 0 aromatic heterocycles. The van der Waals surface area contributed by atoms with Crippen molar-refractivity contribution in [3.8, 4) is 0 Å². The molecular formula is C21H32O2. The zero-order valence-corrected chi connectivity index (χ0v) is 15.0. The number of carbonyl (C=O) groups excluding carboxylic acids is 2. The number of Topliss-reactive ketones (excluding diaryl/α,β-unsaturated/α-hetero) is 2. The largest absolute Gasteiger partial charge is 0.300 e. The number of hydrogen-bond donors (Lipinski definition) is 0. The van der Waals surface area contributed by atoms with Crippen LogP contribution in [0, 0.1) is 46.8 Å². The van der Waals surface area contributed by atoms with E-state index in [2.05, 4.69) is 20.8 Å². The Hall–Kier alpha value is -0.660. The van der Waals surface area contributed by atoms with E-state index < -0.39 is 0 Å². The van der Waals surface area contributed by atoms with Crippen LogP contribution < -0.4 is 0 Å². The molecule has 0 radical (unpaired) electrons. The highest BCUT2D eigenvalue weighted by molar-refractivity contribution is 5.90. The van der Waals surface area contributed by atoms with Crippen LogP contribution in [0.25, 0.3) is 0 Å². The second-order valence-electron chi connectivity index (χ2n) is 9.44. The van der Waals surface area contributed by atoms with E-state index in [1.54, 1.807) is 0 Å². The molecule has 4 aliphatic rings. The van der Waals surface area contributed by atoms with Gasteiger partial charge in [-0.1, -0.05) is 27.2 Å². The first kappa shape index (κ1) is 15.8. The van der Waals surface area contributed by atoms with Gasteiger partial charge in [-0.05, 0) is 66.6 Å². The van der Waals surface area contributed by atoms with Gasteiger partial charge in [-0.25, -0.2) is 0 Å². The summed E-state index contributed by atoms with van der Waals surface area (Å²) < 4.78 is 0. The molecule has 0 N–H and O–H groups in total. The van der Waals surface area contributed by atoms with Crippen molar-refractivity contribution in [2.45, 2.75) is 72.1 Å². The standard InChI is InChI=1S/C21H32O2/c1-4-13-5-6-15-16-11-19(23)18-10-14(22)7-8-21(18,3)17(16)9-12(2)20(13)15/h12-13,15-18,20H,4-11H2,1-3H3/t12-,13+,15?,16?,17?,18?,20?,21-/m1/s1. The zero-order chi connectivity index (χ0) is 16.4. The van der Waals surface area contributed by atoms with Gasteiger partial charge in [-0.3, -0.25) is 9.59 Å². The molecule has 2 heteroatoms. The lowest BCUT2D eigenvalue weighted by Crippen LogP contribution is -2.56. The van der Waals surface area contributed by atoms with Crippen LogP contribution in [-0.4, -0.2) is 11.6 Å². The molecule has 4 rings (SSSR count). The summed E-state index contributed by atoms with van der Waals surface area (Å²) in [5.41, 5.74) is 0.109. The van der Waals surface area contributed by atoms with E-state index in [9.17, 15) is 9.59 Å². The van der Waals surface area contributed by atoms with Crippen molar-refractivity contribution in [3.05, 3.63) is 0 Å². The minimum absolute atomic E-state index is 0.0390. The second kappa shape index (κ2) is 5.43. The molecule has 8 atom stereocenters. The van der Waals surface area contributed by atoms with Crippen molar-refractivity contribution in [3.63, 3.8) is 0 Å². The highest BCUT2D eigenvalue weighted by Crippen LogP contribution is 2.64. The lowest BCUT2D eigenvalue weighted by Gasteiger charge is -2.58. The molecule has 4 aliphatic carbocycles. The van der Waals surface area contributed by atoms with Gasteiger partial charge in [0.2, 0.25) is 0 Å². The maximum absolute atomic E-state index is 12.9. The summed E-state index contributed by atoms with van der Waals surface area (Å²) >= 11 is 0. The maximum atomic E-state index is 12.9. The van der Waals surface area contributed by atoms with Crippen LogP contribution in [0.4, 0.5) is 0 Å².